The van der Waals surface area contributed by atoms with Gasteiger partial charge < -0.3 is 15.5 Å². The van der Waals surface area contributed by atoms with E-state index in [1.54, 1.807) is 0 Å². The van der Waals surface area contributed by atoms with Crippen molar-refractivity contribution in [2.75, 3.05) is 36.9 Å². The van der Waals surface area contributed by atoms with Gasteiger partial charge in [0, 0.05) is 31.7 Å². The first-order valence-electron chi connectivity index (χ1n) is 6.82. The van der Waals surface area contributed by atoms with E-state index >= 15 is 0 Å². The molecular formula is C13H23N5. The second-order valence-corrected chi connectivity index (χ2v) is 4.80. The highest BCUT2D eigenvalue weighted by Gasteiger charge is 2.21. The number of nitrogens with one attached hydrogen (secondary N) is 2. The zero-order chi connectivity index (χ0) is 12.8. The van der Waals surface area contributed by atoms with Gasteiger partial charge in [-0.2, -0.15) is 5.10 Å². The lowest BCUT2D eigenvalue weighted by Gasteiger charge is -2.18. The van der Waals surface area contributed by atoms with Crippen LogP contribution in [0.25, 0.3) is 0 Å². The third-order valence-corrected chi connectivity index (χ3v) is 3.44. The third-order valence-electron chi connectivity index (χ3n) is 3.44. The van der Waals surface area contributed by atoms with Crippen molar-refractivity contribution in [3.63, 3.8) is 0 Å². The molecule has 0 radical (unpaired) electrons. The van der Waals surface area contributed by atoms with E-state index in [9.17, 15) is 0 Å². The van der Waals surface area contributed by atoms with Crippen LogP contribution in [0.1, 0.15) is 26.2 Å². The Morgan fingerprint density at radius 3 is 3.11 bits per heavy atom. The molecule has 0 aromatic carbocycles. The fraction of sp³-hybridized carbons (Fsp3) is 0.692. The summed E-state index contributed by atoms with van der Waals surface area (Å²) in [6.07, 6.45) is 5.40. The summed E-state index contributed by atoms with van der Waals surface area (Å²) in [6, 6.07) is 2.69. The van der Waals surface area contributed by atoms with Crippen LogP contribution in [0.5, 0.6) is 0 Å². The van der Waals surface area contributed by atoms with Crippen LogP contribution in [0.4, 0.5) is 11.5 Å². The van der Waals surface area contributed by atoms with E-state index in [-0.39, 0.29) is 0 Å². The molecule has 0 bridgehead atoms. The molecule has 0 spiro atoms. The molecule has 0 saturated carbocycles. The number of rotatable bonds is 6. The van der Waals surface area contributed by atoms with E-state index < -0.39 is 0 Å². The summed E-state index contributed by atoms with van der Waals surface area (Å²) in [5.74, 6) is 0.883. The van der Waals surface area contributed by atoms with Gasteiger partial charge in [-0.05, 0) is 19.9 Å². The van der Waals surface area contributed by atoms with Crippen LogP contribution in [0, 0.1) is 0 Å². The summed E-state index contributed by atoms with van der Waals surface area (Å²) in [5, 5.41) is 14.8. The Balaban J connectivity index is 1.94. The lowest BCUT2D eigenvalue weighted by molar-refractivity contribution is 0.617. The molecule has 2 heterocycles. The van der Waals surface area contributed by atoms with Gasteiger partial charge >= 0.3 is 0 Å². The molecule has 0 aliphatic carbocycles. The smallest absolute Gasteiger partial charge is 0.150 e. The number of hydrogen-bond donors (Lipinski definition) is 2. The summed E-state index contributed by atoms with van der Waals surface area (Å²) < 4.78 is 0. The predicted molar refractivity (Wildman–Crippen MR) is 75.1 cm³/mol. The number of likely N-dealkylation sites (N-methyl/N-ethyl adjacent to an activating group) is 1. The largest absolute Gasteiger partial charge is 0.369 e. The van der Waals surface area contributed by atoms with Crippen LogP contribution in [0.2, 0.25) is 0 Å². The molecule has 2 rings (SSSR count). The summed E-state index contributed by atoms with van der Waals surface area (Å²) in [6.45, 7) is 5.29. The first-order chi connectivity index (χ1) is 8.83. The first kappa shape index (κ1) is 13.1. The molecule has 2 N–H and O–H groups in total. The van der Waals surface area contributed by atoms with E-state index in [2.05, 4.69) is 38.7 Å². The van der Waals surface area contributed by atoms with Gasteiger partial charge in [0.15, 0.2) is 5.82 Å². The van der Waals surface area contributed by atoms with Crippen molar-refractivity contribution in [3.05, 3.63) is 12.3 Å². The predicted octanol–water partition coefficient (Wildman–Crippen LogP) is 1.49. The van der Waals surface area contributed by atoms with Crippen LogP contribution in [-0.4, -0.2) is 42.9 Å². The monoisotopic (exact) mass is 249 g/mol. The zero-order valence-electron chi connectivity index (χ0n) is 11.3. The van der Waals surface area contributed by atoms with Gasteiger partial charge in [0.25, 0.3) is 0 Å². The van der Waals surface area contributed by atoms with E-state index in [1.807, 2.05) is 13.2 Å². The molecule has 18 heavy (non-hydrogen) atoms. The number of unbranched alkanes of at least 4 members (excludes halogenated alkanes) is 1. The first-order valence-corrected chi connectivity index (χ1v) is 6.82. The van der Waals surface area contributed by atoms with Crippen LogP contribution in [0.3, 0.4) is 0 Å². The molecule has 1 aliphatic heterocycles. The lowest BCUT2D eigenvalue weighted by atomic mass is 10.3. The summed E-state index contributed by atoms with van der Waals surface area (Å²) in [7, 11) is 2.02. The number of nitrogens with zero attached hydrogens (tertiary/aromatic N) is 3. The van der Waals surface area contributed by atoms with Gasteiger partial charge in [-0.3, -0.25) is 0 Å². The average Bonchev–Trinajstić information content (AvgIpc) is 2.88. The minimum absolute atomic E-state index is 0.592. The van der Waals surface area contributed by atoms with E-state index in [4.69, 9.17) is 0 Å². The van der Waals surface area contributed by atoms with Crippen molar-refractivity contribution in [2.24, 2.45) is 0 Å². The van der Waals surface area contributed by atoms with E-state index in [0.717, 1.165) is 31.9 Å². The molecule has 0 amide bonds. The van der Waals surface area contributed by atoms with Crippen molar-refractivity contribution in [1.29, 1.82) is 0 Å². The van der Waals surface area contributed by atoms with E-state index in [1.165, 1.54) is 18.5 Å². The fourth-order valence-electron chi connectivity index (χ4n) is 2.24. The Kier molecular flexibility index (Phi) is 4.75. The maximum absolute atomic E-state index is 4.12. The number of aromatic nitrogens is 2. The Morgan fingerprint density at radius 1 is 1.50 bits per heavy atom. The molecule has 1 saturated heterocycles. The van der Waals surface area contributed by atoms with Gasteiger partial charge in [0.1, 0.15) is 0 Å². The molecule has 1 fully saturated rings. The average molecular weight is 249 g/mol. The SMILES string of the molecule is CCCCNc1cc(N2CC[C@@H](NC)C2)cnn1. The standard InChI is InChI=1S/C13H23N5/c1-3-4-6-15-13-8-12(9-16-17-13)18-7-5-11(10-18)14-2/h8-9,11,14H,3-7,10H2,1-2H3,(H,15,17)/t11-/m1/s1. The third kappa shape index (κ3) is 3.32. The molecule has 5 heteroatoms. The van der Waals surface area contributed by atoms with E-state index in [0.29, 0.717) is 6.04 Å². The second-order valence-electron chi connectivity index (χ2n) is 4.80. The van der Waals surface area contributed by atoms with Gasteiger partial charge in [0.05, 0.1) is 11.9 Å². The Morgan fingerprint density at radius 2 is 2.39 bits per heavy atom. The quantitative estimate of drug-likeness (QED) is 0.748. The van der Waals surface area contributed by atoms with Crippen molar-refractivity contribution in [1.82, 2.24) is 15.5 Å². The molecule has 1 atom stereocenters. The molecule has 100 valence electrons. The minimum atomic E-state index is 0.592. The van der Waals surface area contributed by atoms with Crippen molar-refractivity contribution in [3.8, 4) is 0 Å². The molecule has 0 unspecified atom stereocenters. The Labute approximate surface area is 109 Å². The molecule has 1 aromatic heterocycles. The van der Waals surface area contributed by atoms with Crippen LogP contribution < -0.4 is 15.5 Å². The van der Waals surface area contributed by atoms with Crippen molar-refractivity contribution >= 4 is 11.5 Å². The van der Waals surface area contributed by atoms with Crippen LogP contribution in [0.15, 0.2) is 12.3 Å². The van der Waals surface area contributed by atoms with Gasteiger partial charge in [-0.1, -0.05) is 13.3 Å². The number of hydrogen-bond acceptors (Lipinski definition) is 5. The fourth-order valence-corrected chi connectivity index (χ4v) is 2.24. The van der Waals surface area contributed by atoms with Crippen molar-refractivity contribution < 1.29 is 0 Å². The van der Waals surface area contributed by atoms with Gasteiger partial charge in [-0.15, -0.1) is 5.10 Å². The number of anilines is 2. The Bertz CT molecular complexity index is 368. The minimum Gasteiger partial charge on any atom is -0.369 e. The summed E-state index contributed by atoms with van der Waals surface area (Å²) >= 11 is 0. The van der Waals surface area contributed by atoms with Crippen LogP contribution in [-0.2, 0) is 0 Å². The van der Waals surface area contributed by atoms with Gasteiger partial charge in [-0.25, -0.2) is 0 Å². The lowest BCUT2D eigenvalue weighted by Crippen LogP contribution is -2.29. The summed E-state index contributed by atoms with van der Waals surface area (Å²) in [5.41, 5.74) is 1.17. The van der Waals surface area contributed by atoms with Crippen molar-refractivity contribution in [2.45, 2.75) is 32.2 Å². The topological polar surface area (TPSA) is 53.1 Å². The normalized spacial score (nSPS) is 19.2. The maximum atomic E-state index is 4.12. The highest BCUT2D eigenvalue weighted by atomic mass is 15.2. The maximum Gasteiger partial charge on any atom is 0.150 e. The van der Waals surface area contributed by atoms with Crippen LogP contribution >= 0.6 is 0 Å². The highest BCUT2D eigenvalue weighted by Crippen LogP contribution is 2.21. The zero-order valence-corrected chi connectivity index (χ0v) is 11.3. The molecule has 1 aliphatic rings. The second kappa shape index (κ2) is 6.54. The molecular weight excluding hydrogens is 226 g/mol. The Hall–Kier alpha value is -1.36. The van der Waals surface area contributed by atoms with Gasteiger partial charge in [0.2, 0.25) is 0 Å². The highest BCUT2D eigenvalue weighted by molar-refractivity contribution is 5.52. The molecule has 5 nitrogen and oxygen atoms in total. The molecule has 1 aromatic rings. The summed E-state index contributed by atoms with van der Waals surface area (Å²) in [4.78, 5) is 2.36.